The maximum atomic E-state index is 11.9. The third-order valence-corrected chi connectivity index (χ3v) is 3.28. The molecule has 7 nitrogen and oxygen atoms in total. The zero-order chi connectivity index (χ0) is 14.5. The first kappa shape index (κ1) is 14.4. The van der Waals surface area contributed by atoms with E-state index in [0.29, 0.717) is 41.4 Å². The van der Waals surface area contributed by atoms with E-state index >= 15 is 0 Å². The lowest BCUT2D eigenvalue weighted by Gasteiger charge is -2.08. The fraction of sp³-hybridized carbons (Fsp3) is 0.333. The van der Waals surface area contributed by atoms with Gasteiger partial charge in [0.1, 0.15) is 4.47 Å². The number of aryl methyl sites for hydroxylation is 1. The van der Waals surface area contributed by atoms with Gasteiger partial charge >= 0.3 is 0 Å². The van der Waals surface area contributed by atoms with Gasteiger partial charge in [-0.05, 0) is 22.9 Å². The minimum absolute atomic E-state index is 0.205. The largest absolute Gasteiger partial charge is 0.382 e. The van der Waals surface area contributed by atoms with Crippen LogP contribution in [0.3, 0.4) is 0 Å². The Balaban J connectivity index is 2.01. The van der Waals surface area contributed by atoms with Crippen molar-refractivity contribution in [2.45, 2.75) is 19.9 Å². The number of nitrogens with zero attached hydrogens (tertiary/aromatic N) is 4. The van der Waals surface area contributed by atoms with Crippen molar-refractivity contribution in [2.24, 2.45) is 0 Å². The fourth-order valence-corrected chi connectivity index (χ4v) is 2.03. The standard InChI is InChI=1S/C12H14BrN5O2/c1-3-6-18-12(19)11(13)9(7-15-18)14-5-4-10-16-8(2)17-20-10/h3,7,14H,1,4-6H2,2H3. The SMILES string of the molecule is C=CCn1ncc(NCCc2nc(C)no2)c(Br)c1=O. The molecule has 0 aliphatic heterocycles. The van der Waals surface area contributed by atoms with Crippen molar-refractivity contribution in [3.63, 3.8) is 0 Å². The smallest absolute Gasteiger partial charge is 0.283 e. The lowest BCUT2D eigenvalue weighted by Crippen LogP contribution is -2.24. The molecule has 20 heavy (non-hydrogen) atoms. The van der Waals surface area contributed by atoms with Gasteiger partial charge in [0, 0.05) is 13.0 Å². The topological polar surface area (TPSA) is 85.8 Å². The van der Waals surface area contributed by atoms with Crippen LogP contribution in [0.15, 0.2) is 32.6 Å². The second kappa shape index (κ2) is 6.47. The van der Waals surface area contributed by atoms with E-state index in [4.69, 9.17) is 4.52 Å². The van der Waals surface area contributed by atoms with Crippen molar-refractivity contribution < 1.29 is 4.52 Å². The average molecular weight is 340 g/mol. The average Bonchev–Trinajstić information content (AvgIpc) is 2.84. The van der Waals surface area contributed by atoms with E-state index in [9.17, 15) is 4.79 Å². The summed E-state index contributed by atoms with van der Waals surface area (Å²) < 4.78 is 6.77. The normalized spacial score (nSPS) is 10.5. The predicted molar refractivity (Wildman–Crippen MR) is 77.6 cm³/mol. The molecule has 0 saturated carbocycles. The lowest BCUT2D eigenvalue weighted by atomic mass is 10.4. The van der Waals surface area contributed by atoms with Gasteiger partial charge in [0.15, 0.2) is 5.82 Å². The Morgan fingerprint density at radius 2 is 2.40 bits per heavy atom. The molecule has 2 aromatic rings. The van der Waals surface area contributed by atoms with E-state index in [1.165, 1.54) is 4.68 Å². The molecule has 106 valence electrons. The highest BCUT2D eigenvalue weighted by atomic mass is 79.9. The minimum atomic E-state index is -0.205. The Hall–Kier alpha value is -1.96. The number of halogens is 1. The summed E-state index contributed by atoms with van der Waals surface area (Å²) in [5.74, 6) is 1.16. The molecule has 2 heterocycles. The first-order valence-electron chi connectivity index (χ1n) is 6.01. The molecule has 1 N–H and O–H groups in total. The summed E-state index contributed by atoms with van der Waals surface area (Å²) in [5, 5.41) is 10.9. The number of rotatable bonds is 6. The maximum Gasteiger partial charge on any atom is 0.283 e. The molecular weight excluding hydrogens is 326 g/mol. The molecule has 0 atom stereocenters. The van der Waals surface area contributed by atoms with Crippen molar-refractivity contribution in [2.75, 3.05) is 11.9 Å². The van der Waals surface area contributed by atoms with E-state index in [2.05, 4.69) is 43.1 Å². The van der Waals surface area contributed by atoms with Gasteiger partial charge in [0.2, 0.25) is 5.89 Å². The maximum absolute atomic E-state index is 11.9. The highest BCUT2D eigenvalue weighted by Crippen LogP contribution is 2.15. The van der Waals surface area contributed by atoms with Crippen LogP contribution >= 0.6 is 15.9 Å². The fourth-order valence-electron chi connectivity index (χ4n) is 1.59. The summed E-state index contributed by atoms with van der Waals surface area (Å²) in [6.45, 7) is 6.28. The second-order valence-electron chi connectivity index (χ2n) is 4.06. The van der Waals surface area contributed by atoms with Crippen molar-refractivity contribution in [1.29, 1.82) is 0 Å². The van der Waals surface area contributed by atoms with Crippen LogP contribution in [0.5, 0.6) is 0 Å². The van der Waals surface area contributed by atoms with Crippen LogP contribution < -0.4 is 10.9 Å². The van der Waals surface area contributed by atoms with Crippen molar-refractivity contribution >= 4 is 21.6 Å². The molecule has 0 amide bonds. The minimum Gasteiger partial charge on any atom is -0.382 e. The van der Waals surface area contributed by atoms with Gasteiger partial charge in [0.05, 0.1) is 18.4 Å². The van der Waals surface area contributed by atoms with Crippen LogP contribution in [-0.4, -0.2) is 26.5 Å². The number of nitrogens with one attached hydrogen (secondary N) is 1. The zero-order valence-corrected chi connectivity index (χ0v) is 12.6. The van der Waals surface area contributed by atoms with Crippen LogP contribution in [0.1, 0.15) is 11.7 Å². The number of aromatic nitrogens is 4. The highest BCUT2D eigenvalue weighted by Gasteiger charge is 2.08. The van der Waals surface area contributed by atoms with Crippen LogP contribution in [0.25, 0.3) is 0 Å². The molecule has 0 aliphatic carbocycles. The molecule has 2 rings (SSSR count). The van der Waals surface area contributed by atoms with Gasteiger partial charge in [0.25, 0.3) is 5.56 Å². The van der Waals surface area contributed by atoms with Crippen molar-refractivity contribution in [3.05, 3.63) is 45.4 Å². The second-order valence-corrected chi connectivity index (χ2v) is 4.85. The molecule has 0 saturated heterocycles. The van der Waals surface area contributed by atoms with Gasteiger partial charge in [-0.3, -0.25) is 4.79 Å². The zero-order valence-electron chi connectivity index (χ0n) is 11.0. The number of allylic oxidation sites excluding steroid dienone is 1. The van der Waals surface area contributed by atoms with Crippen LogP contribution in [-0.2, 0) is 13.0 Å². The Bertz CT molecular complexity index is 664. The first-order valence-corrected chi connectivity index (χ1v) is 6.80. The van der Waals surface area contributed by atoms with Crippen molar-refractivity contribution in [3.8, 4) is 0 Å². The van der Waals surface area contributed by atoms with E-state index in [1.54, 1.807) is 19.2 Å². The highest BCUT2D eigenvalue weighted by molar-refractivity contribution is 9.10. The molecule has 0 radical (unpaired) electrons. The van der Waals surface area contributed by atoms with Gasteiger partial charge in [-0.25, -0.2) is 4.68 Å². The van der Waals surface area contributed by atoms with Crippen molar-refractivity contribution in [1.82, 2.24) is 19.9 Å². The van der Waals surface area contributed by atoms with Gasteiger partial charge < -0.3 is 9.84 Å². The van der Waals surface area contributed by atoms with Gasteiger partial charge in [-0.1, -0.05) is 11.2 Å². The van der Waals surface area contributed by atoms with Gasteiger partial charge in [-0.2, -0.15) is 10.1 Å². The van der Waals surface area contributed by atoms with Crippen LogP contribution in [0.4, 0.5) is 5.69 Å². The Kier molecular flexibility index (Phi) is 4.67. The summed E-state index contributed by atoms with van der Waals surface area (Å²) in [4.78, 5) is 16.0. The van der Waals surface area contributed by atoms with E-state index in [1.807, 2.05) is 0 Å². The molecular formula is C12H14BrN5O2. The van der Waals surface area contributed by atoms with E-state index in [-0.39, 0.29) is 5.56 Å². The molecule has 0 bridgehead atoms. The van der Waals surface area contributed by atoms with Gasteiger partial charge in [-0.15, -0.1) is 6.58 Å². The number of hydrogen-bond acceptors (Lipinski definition) is 6. The third kappa shape index (κ3) is 3.32. The first-order chi connectivity index (χ1) is 9.61. The quantitative estimate of drug-likeness (QED) is 0.803. The van der Waals surface area contributed by atoms with Crippen LogP contribution in [0, 0.1) is 6.92 Å². The monoisotopic (exact) mass is 339 g/mol. The summed E-state index contributed by atoms with van der Waals surface area (Å²) in [5.41, 5.74) is 0.426. The Morgan fingerprint density at radius 3 is 3.05 bits per heavy atom. The predicted octanol–water partition coefficient (Wildman–Crippen LogP) is 1.54. The molecule has 8 heteroatoms. The molecule has 0 spiro atoms. The number of anilines is 1. The molecule has 0 fully saturated rings. The third-order valence-electron chi connectivity index (χ3n) is 2.51. The van der Waals surface area contributed by atoms with E-state index in [0.717, 1.165) is 0 Å². The Morgan fingerprint density at radius 1 is 1.60 bits per heavy atom. The molecule has 0 aromatic carbocycles. The summed E-state index contributed by atoms with van der Waals surface area (Å²) in [7, 11) is 0. The van der Waals surface area contributed by atoms with Crippen LogP contribution in [0.2, 0.25) is 0 Å². The van der Waals surface area contributed by atoms with E-state index < -0.39 is 0 Å². The Labute approximate surface area is 123 Å². The molecule has 2 aromatic heterocycles. The molecule has 0 aliphatic rings. The summed E-state index contributed by atoms with van der Waals surface area (Å²) in [6.07, 6.45) is 3.78. The summed E-state index contributed by atoms with van der Waals surface area (Å²) >= 11 is 3.27. The molecule has 0 unspecified atom stereocenters. The lowest BCUT2D eigenvalue weighted by molar-refractivity contribution is 0.377. The summed E-state index contributed by atoms with van der Waals surface area (Å²) in [6, 6.07) is 0. The number of hydrogen-bond donors (Lipinski definition) is 1.